The average Bonchev–Trinajstić information content (AvgIpc) is 2.06. The third-order valence-electron chi connectivity index (χ3n) is 2.20. The molecule has 0 N–H and O–H groups in total. The number of hydrogen-bond acceptors (Lipinski definition) is 2. The van der Waals surface area contributed by atoms with Crippen molar-refractivity contribution in [3.05, 3.63) is 0 Å². The van der Waals surface area contributed by atoms with Crippen molar-refractivity contribution in [1.82, 2.24) is 4.90 Å². The Balaban J connectivity index is 2.21. The van der Waals surface area contributed by atoms with E-state index >= 15 is 0 Å². The molecule has 0 bridgehead atoms. The second kappa shape index (κ2) is 5.28. The Labute approximate surface area is 78.5 Å². The quantitative estimate of drug-likeness (QED) is 0.632. The van der Waals surface area contributed by atoms with Gasteiger partial charge in [-0.1, -0.05) is 0 Å². The molecule has 1 nitrogen and oxygen atoms in total. The van der Waals surface area contributed by atoms with E-state index in [4.69, 9.17) is 11.6 Å². The van der Waals surface area contributed by atoms with E-state index < -0.39 is 0 Å². The molecule has 1 fully saturated rings. The van der Waals surface area contributed by atoms with Crippen molar-refractivity contribution in [3.63, 3.8) is 0 Å². The number of halogens is 1. The smallest absolute Gasteiger partial charge is 0.0351 e. The van der Waals surface area contributed by atoms with Crippen molar-refractivity contribution in [2.45, 2.75) is 18.1 Å². The summed E-state index contributed by atoms with van der Waals surface area (Å²) in [5, 5.41) is 0.854. The minimum Gasteiger partial charge on any atom is -0.301 e. The first-order valence-electron chi connectivity index (χ1n) is 4.18. The van der Waals surface area contributed by atoms with Crippen LogP contribution in [0.5, 0.6) is 0 Å². The molecule has 1 rings (SSSR count). The maximum Gasteiger partial charge on any atom is 0.0351 e. The summed E-state index contributed by atoms with van der Waals surface area (Å²) in [5.74, 6) is 0.779. The highest BCUT2D eigenvalue weighted by Gasteiger charge is 2.17. The summed E-state index contributed by atoms with van der Waals surface area (Å²) in [7, 11) is 0. The fourth-order valence-electron chi connectivity index (χ4n) is 1.53. The van der Waals surface area contributed by atoms with Gasteiger partial charge in [-0.3, -0.25) is 0 Å². The lowest BCUT2D eigenvalue weighted by molar-refractivity contribution is 0.247. The zero-order valence-electron chi connectivity index (χ0n) is 7.05. The van der Waals surface area contributed by atoms with E-state index in [0.29, 0.717) is 0 Å². The molecule has 0 spiro atoms. The summed E-state index contributed by atoms with van der Waals surface area (Å²) < 4.78 is 0. The number of hydrogen-bond donors (Lipinski definition) is 0. The number of likely N-dealkylation sites (tertiary alicyclic amines) is 1. The molecule has 0 saturated carbocycles. The highest BCUT2D eigenvalue weighted by molar-refractivity contribution is 7.99. The van der Waals surface area contributed by atoms with Crippen molar-refractivity contribution >= 4 is 23.4 Å². The molecule has 0 aromatic heterocycles. The molecule has 1 aliphatic heterocycles. The molecule has 0 aromatic rings. The Morgan fingerprint density at radius 3 is 3.09 bits per heavy atom. The van der Waals surface area contributed by atoms with Crippen molar-refractivity contribution in [2.75, 3.05) is 31.8 Å². The predicted octanol–water partition coefficient (Wildman–Crippen LogP) is 2.05. The van der Waals surface area contributed by atoms with E-state index in [1.54, 1.807) is 0 Å². The normalized spacial score (nSPS) is 27.3. The van der Waals surface area contributed by atoms with Crippen molar-refractivity contribution < 1.29 is 0 Å². The molecule has 3 heteroatoms. The van der Waals surface area contributed by atoms with E-state index in [1.807, 2.05) is 11.8 Å². The molecular weight excluding hydrogens is 178 g/mol. The van der Waals surface area contributed by atoms with E-state index in [0.717, 1.165) is 17.7 Å². The minimum absolute atomic E-state index is 0.779. The van der Waals surface area contributed by atoms with Crippen molar-refractivity contribution in [3.8, 4) is 0 Å². The van der Waals surface area contributed by atoms with Gasteiger partial charge in [0, 0.05) is 24.2 Å². The van der Waals surface area contributed by atoms with E-state index in [2.05, 4.69) is 11.2 Å². The van der Waals surface area contributed by atoms with Gasteiger partial charge in [-0.05, 0) is 25.6 Å². The molecular formula is C8H16ClNS. The standard InChI is InChI=1S/C8H16ClNS/c1-11-8-3-2-5-10(7-8)6-4-9/h8H,2-7H2,1H3. The highest BCUT2D eigenvalue weighted by Crippen LogP contribution is 2.19. The molecule has 0 aliphatic carbocycles. The van der Waals surface area contributed by atoms with Gasteiger partial charge in [-0.2, -0.15) is 11.8 Å². The number of thioether (sulfide) groups is 1. The number of nitrogens with zero attached hydrogens (tertiary/aromatic N) is 1. The fraction of sp³-hybridized carbons (Fsp3) is 1.00. The molecule has 1 aliphatic rings. The maximum absolute atomic E-state index is 5.68. The molecule has 1 heterocycles. The van der Waals surface area contributed by atoms with E-state index in [1.165, 1.54) is 25.9 Å². The summed E-state index contributed by atoms with van der Waals surface area (Å²) in [6.07, 6.45) is 4.94. The van der Waals surface area contributed by atoms with Crippen LogP contribution in [0.4, 0.5) is 0 Å². The van der Waals surface area contributed by atoms with Crippen LogP contribution in [-0.2, 0) is 0 Å². The Kier molecular flexibility index (Phi) is 4.65. The molecule has 11 heavy (non-hydrogen) atoms. The Hall–Kier alpha value is 0.600. The van der Waals surface area contributed by atoms with Crippen molar-refractivity contribution in [2.24, 2.45) is 0 Å². The molecule has 1 atom stereocenters. The lowest BCUT2D eigenvalue weighted by Gasteiger charge is -2.31. The third-order valence-corrected chi connectivity index (χ3v) is 3.42. The topological polar surface area (TPSA) is 3.24 Å². The molecule has 0 amide bonds. The van der Waals surface area contributed by atoms with Gasteiger partial charge in [0.25, 0.3) is 0 Å². The first-order valence-corrected chi connectivity index (χ1v) is 6.00. The largest absolute Gasteiger partial charge is 0.301 e. The van der Waals surface area contributed by atoms with Crippen LogP contribution in [0.15, 0.2) is 0 Å². The average molecular weight is 194 g/mol. The van der Waals surface area contributed by atoms with Crippen LogP contribution in [0.25, 0.3) is 0 Å². The second-order valence-corrected chi connectivity index (χ2v) is 4.51. The summed E-state index contributed by atoms with van der Waals surface area (Å²) in [6.45, 7) is 3.57. The van der Waals surface area contributed by atoms with Crippen LogP contribution >= 0.6 is 23.4 Å². The Morgan fingerprint density at radius 1 is 1.64 bits per heavy atom. The van der Waals surface area contributed by atoms with Gasteiger partial charge in [0.15, 0.2) is 0 Å². The van der Waals surface area contributed by atoms with Crippen molar-refractivity contribution in [1.29, 1.82) is 0 Å². The SMILES string of the molecule is CSC1CCCN(CCCl)C1. The zero-order chi connectivity index (χ0) is 8.10. The van der Waals surface area contributed by atoms with Crippen LogP contribution in [0, 0.1) is 0 Å². The van der Waals surface area contributed by atoms with Crippen LogP contribution in [-0.4, -0.2) is 41.9 Å². The molecule has 0 aromatic carbocycles. The Morgan fingerprint density at radius 2 is 2.45 bits per heavy atom. The number of alkyl halides is 1. The van der Waals surface area contributed by atoms with Gasteiger partial charge in [-0.15, -0.1) is 11.6 Å². The second-order valence-electron chi connectivity index (χ2n) is 2.99. The molecule has 66 valence electrons. The van der Waals surface area contributed by atoms with Crippen LogP contribution in [0.1, 0.15) is 12.8 Å². The van der Waals surface area contributed by atoms with Gasteiger partial charge < -0.3 is 4.90 Å². The summed E-state index contributed by atoms with van der Waals surface area (Å²) >= 11 is 7.67. The van der Waals surface area contributed by atoms with Gasteiger partial charge in [-0.25, -0.2) is 0 Å². The van der Waals surface area contributed by atoms with Gasteiger partial charge in [0.05, 0.1) is 0 Å². The Bertz CT molecular complexity index is 108. The highest BCUT2D eigenvalue weighted by atomic mass is 35.5. The first-order chi connectivity index (χ1) is 5.36. The lowest BCUT2D eigenvalue weighted by Crippen LogP contribution is -2.37. The monoisotopic (exact) mass is 193 g/mol. The van der Waals surface area contributed by atoms with Gasteiger partial charge in [0.1, 0.15) is 0 Å². The number of rotatable bonds is 3. The molecule has 1 saturated heterocycles. The van der Waals surface area contributed by atoms with E-state index in [9.17, 15) is 0 Å². The predicted molar refractivity (Wildman–Crippen MR) is 53.7 cm³/mol. The third kappa shape index (κ3) is 3.22. The number of piperidine rings is 1. The fourth-order valence-corrected chi connectivity index (χ4v) is 2.53. The van der Waals surface area contributed by atoms with Crippen LogP contribution < -0.4 is 0 Å². The minimum atomic E-state index is 0.779. The summed E-state index contributed by atoms with van der Waals surface area (Å²) in [4.78, 5) is 2.47. The lowest BCUT2D eigenvalue weighted by atomic mass is 10.1. The van der Waals surface area contributed by atoms with Crippen LogP contribution in [0.3, 0.4) is 0 Å². The van der Waals surface area contributed by atoms with Crippen LogP contribution in [0.2, 0.25) is 0 Å². The van der Waals surface area contributed by atoms with Gasteiger partial charge in [0.2, 0.25) is 0 Å². The summed E-state index contributed by atoms with van der Waals surface area (Å²) in [5.41, 5.74) is 0. The zero-order valence-corrected chi connectivity index (χ0v) is 8.63. The molecule has 0 radical (unpaired) electrons. The maximum atomic E-state index is 5.68. The van der Waals surface area contributed by atoms with E-state index in [-0.39, 0.29) is 0 Å². The molecule has 1 unspecified atom stereocenters. The first kappa shape index (κ1) is 9.69. The van der Waals surface area contributed by atoms with Gasteiger partial charge >= 0.3 is 0 Å². The summed E-state index contributed by atoms with van der Waals surface area (Å²) in [6, 6.07) is 0.